The van der Waals surface area contributed by atoms with Crippen LogP contribution in [0, 0.1) is 0 Å². The average Bonchev–Trinajstić information content (AvgIpc) is 2.59. The molecule has 0 atom stereocenters. The molecule has 0 fully saturated rings. The summed E-state index contributed by atoms with van der Waals surface area (Å²) in [5.74, 6) is -1.63. The fourth-order valence-electron chi connectivity index (χ4n) is 2.33. The fourth-order valence-corrected chi connectivity index (χ4v) is 2.33. The van der Waals surface area contributed by atoms with Crippen LogP contribution in [0.15, 0.2) is 42.7 Å². The number of carbonyl (C=O) groups is 2. The minimum Gasteiger partial charge on any atom is -0.465 e. The highest BCUT2D eigenvalue weighted by molar-refractivity contribution is 6.09. The van der Waals surface area contributed by atoms with Gasteiger partial charge in [-0.25, -0.2) is 19.6 Å². The van der Waals surface area contributed by atoms with Crippen LogP contribution >= 0.6 is 0 Å². The quantitative estimate of drug-likeness (QED) is 0.632. The van der Waals surface area contributed by atoms with Gasteiger partial charge in [0, 0.05) is 0 Å². The molecular weight excluding hydrogens is 310 g/mol. The topological polar surface area (TPSA) is 104 Å². The molecule has 0 unspecified atom stereocenters. The molecular formula is C17H19N3O4. The van der Waals surface area contributed by atoms with Crippen molar-refractivity contribution >= 4 is 17.6 Å². The van der Waals surface area contributed by atoms with Gasteiger partial charge in [0.2, 0.25) is 5.41 Å². The number of hydrogen-bond donors (Lipinski definition) is 1. The molecule has 24 heavy (non-hydrogen) atoms. The Balaban J connectivity index is 2.75. The van der Waals surface area contributed by atoms with Crippen molar-refractivity contribution in [1.29, 1.82) is 0 Å². The summed E-state index contributed by atoms with van der Waals surface area (Å²) in [4.78, 5) is 33.9. The Morgan fingerprint density at radius 2 is 1.50 bits per heavy atom. The summed E-state index contributed by atoms with van der Waals surface area (Å²) in [6.07, 6.45) is 2.66. The lowest BCUT2D eigenvalue weighted by Gasteiger charge is -2.28. The smallest absolute Gasteiger partial charge is 0.336 e. The highest BCUT2D eigenvalue weighted by atomic mass is 16.6. The minimum atomic E-state index is -1.90. The maximum absolute atomic E-state index is 12.8. The third kappa shape index (κ3) is 3.05. The summed E-state index contributed by atoms with van der Waals surface area (Å²) in [5.41, 5.74) is 4.40. The molecule has 7 heteroatoms. The van der Waals surface area contributed by atoms with Gasteiger partial charge < -0.3 is 15.2 Å². The number of nitrogens with zero attached hydrogens (tertiary/aromatic N) is 2. The molecule has 2 rings (SSSR count). The first-order chi connectivity index (χ1) is 11.6. The second-order valence-corrected chi connectivity index (χ2v) is 4.90. The van der Waals surface area contributed by atoms with Crippen LogP contribution in [0.4, 0.5) is 5.69 Å². The number of esters is 2. The van der Waals surface area contributed by atoms with Crippen molar-refractivity contribution < 1.29 is 19.1 Å². The van der Waals surface area contributed by atoms with E-state index >= 15 is 0 Å². The second-order valence-electron chi connectivity index (χ2n) is 4.90. The first kappa shape index (κ1) is 17.4. The Labute approximate surface area is 139 Å². The number of carbonyl (C=O) groups excluding carboxylic acids is 2. The van der Waals surface area contributed by atoms with E-state index in [1.54, 1.807) is 44.2 Å². The van der Waals surface area contributed by atoms with E-state index in [4.69, 9.17) is 15.2 Å². The maximum atomic E-state index is 12.8. The lowest BCUT2D eigenvalue weighted by atomic mass is 9.79. The van der Waals surface area contributed by atoms with Crippen LogP contribution in [0.3, 0.4) is 0 Å². The zero-order valence-electron chi connectivity index (χ0n) is 13.6. The van der Waals surface area contributed by atoms with Crippen molar-refractivity contribution in [3.8, 4) is 0 Å². The van der Waals surface area contributed by atoms with Crippen LogP contribution in [0.25, 0.3) is 0 Å². The number of benzene rings is 1. The largest absolute Gasteiger partial charge is 0.465 e. The molecule has 0 spiro atoms. The van der Waals surface area contributed by atoms with Crippen LogP contribution in [0.2, 0.25) is 0 Å². The zero-order chi connectivity index (χ0) is 17.6. The van der Waals surface area contributed by atoms with E-state index in [1.165, 1.54) is 12.4 Å². The minimum absolute atomic E-state index is 0.0419. The number of hydrogen-bond acceptors (Lipinski definition) is 7. The standard InChI is InChI=1S/C17H19N3O4/c1-3-23-15(21)17(16(22)24-4-2,12-8-6-5-7-9-12)14-19-10-13(18)11-20-14/h5-11H,3-4,18H2,1-2H3. The van der Waals surface area contributed by atoms with Gasteiger partial charge in [0.1, 0.15) is 0 Å². The summed E-state index contributed by atoms with van der Waals surface area (Å²) < 4.78 is 10.3. The molecule has 126 valence electrons. The lowest BCUT2D eigenvalue weighted by molar-refractivity contribution is -0.162. The zero-order valence-corrected chi connectivity index (χ0v) is 13.6. The van der Waals surface area contributed by atoms with Gasteiger partial charge >= 0.3 is 11.9 Å². The Morgan fingerprint density at radius 1 is 1.00 bits per heavy atom. The molecule has 2 aromatic rings. The molecule has 0 saturated carbocycles. The van der Waals surface area contributed by atoms with E-state index in [0.29, 0.717) is 11.3 Å². The van der Waals surface area contributed by atoms with Crippen LogP contribution in [-0.2, 0) is 24.5 Å². The summed E-state index contributed by atoms with van der Waals surface area (Å²) >= 11 is 0. The van der Waals surface area contributed by atoms with E-state index < -0.39 is 17.4 Å². The van der Waals surface area contributed by atoms with Gasteiger partial charge in [0.25, 0.3) is 0 Å². The van der Waals surface area contributed by atoms with Crippen LogP contribution in [0.5, 0.6) is 0 Å². The molecule has 0 bridgehead atoms. The number of nitrogens with two attached hydrogens (primary N) is 1. The molecule has 0 radical (unpaired) electrons. The van der Waals surface area contributed by atoms with Gasteiger partial charge in [-0.15, -0.1) is 0 Å². The van der Waals surface area contributed by atoms with Crippen molar-refractivity contribution in [2.45, 2.75) is 19.3 Å². The van der Waals surface area contributed by atoms with Crippen LogP contribution in [0.1, 0.15) is 25.2 Å². The van der Waals surface area contributed by atoms with Gasteiger partial charge in [-0.3, -0.25) is 0 Å². The number of aromatic nitrogens is 2. The Bertz CT molecular complexity index is 684. The van der Waals surface area contributed by atoms with Gasteiger partial charge in [0.15, 0.2) is 5.82 Å². The molecule has 1 heterocycles. The molecule has 7 nitrogen and oxygen atoms in total. The lowest BCUT2D eigenvalue weighted by Crippen LogP contribution is -2.48. The molecule has 0 saturated heterocycles. The van der Waals surface area contributed by atoms with Crippen LogP contribution < -0.4 is 5.73 Å². The first-order valence-electron chi connectivity index (χ1n) is 7.55. The summed E-state index contributed by atoms with van der Waals surface area (Å²) in [6, 6.07) is 8.45. The molecule has 2 N–H and O–H groups in total. The number of ether oxygens (including phenoxy) is 2. The molecule has 0 aliphatic heterocycles. The van der Waals surface area contributed by atoms with Crippen molar-refractivity contribution in [1.82, 2.24) is 9.97 Å². The molecule has 1 aromatic carbocycles. The number of nitrogen functional groups attached to an aromatic ring is 1. The van der Waals surface area contributed by atoms with Gasteiger partial charge in [-0.1, -0.05) is 30.3 Å². The Morgan fingerprint density at radius 3 is 1.96 bits per heavy atom. The van der Waals surface area contributed by atoms with Crippen molar-refractivity contribution in [2.24, 2.45) is 0 Å². The van der Waals surface area contributed by atoms with E-state index in [0.717, 1.165) is 0 Å². The van der Waals surface area contributed by atoms with Crippen molar-refractivity contribution in [2.75, 3.05) is 18.9 Å². The highest BCUT2D eigenvalue weighted by Crippen LogP contribution is 2.33. The van der Waals surface area contributed by atoms with Gasteiger partial charge in [-0.2, -0.15) is 0 Å². The van der Waals surface area contributed by atoms with E-state index in [9.17, 15) is 9.59 Å². The monoisotopic (exact) mass is 329 g/mol. The summed E-state index contributed by atoms with van der Waals surface area (Å²) in [5, 5.41) is 0. The predicted octanol–water partition coefficient (Wildman–Crippen LogP) is 1.47. The molecule has 1 aromatic heterocycles. The van der Waals surface area contributed by atoms with Gasteiger partial charge in [0.05, 0.1) is 31.3 Å². The van der Waals surface area contributed by atoms with Gasteiger partial charge in [-0.05, 0) is 19.4 Å². The van der Waals surface area contributed by atoms with Crippen molar-refractivity contribution in [3.63, 3.8) is 0 Å². The van der Waals surface area contributed by atoms with Crippen LogP contribution in [-0.4, -0.2) is 35.1 Å². The van der Waals surface area contributed by atoms with E-state index in [-0.39, 0.29) is 19.0 Å². The predicted molar refractivity (Wildman–Crippen MR) is 86.9 cm³/mol. The Kier molecular flexibility index (Phi) is 5.47. The second kappa shape index (κ2) is 7.54. The Hall–Kier alpha value is -2.96. The maximum Gasteiger partial charge on any atom is 0.336 e. The molecule has 0 aliphatic carbocycles. The van der Waals surface area contributed by atoms with E-state index in [1.807, 2.05) is 0 Å². The molecule has 0 amide bonds. The fraction of sp³-hybridized carbons (Fsp3) is 0.294. The third-order valence-electron chi connectivity index (χ3n) is 3.38. The first-order valence-corrected chi connectivity index (χ1v) is 7.55. The summed E-state index contributed by atoms with van der Waals surface area (Å²) in [6.45, 7) is 3.51. The normalized spacial score (nSPS) is 10.9. The average molecular weight is 329 g/mol. The summed E-state index contributed by atoms with van der Waals surface area (Å²) in [7, 11) is 0. The van der Waals surface area contributed by atoms with E-state index in [2.05, 4.69) is 9.97 Å². The highest BCUT2D eigenvalue weighted by Gasteiger charge is 2.55. The number of rotatable bonds is 6. The SMILES string of the molecule is CCOC(=O)C(C(=O)OCC)(c1ccccc1)c1ncc(N)cn1. The number of anilines is 1. The molecule has 0 aliphatic rings. The van der Waals surface area contributed by atoms with Crippen molar-refractivity contribution in [3.05, 3.63) is 54.1 Å². The third-order valence-corrected chi connectivity index (χ3v) is 3.38.